The van der Waals surface area contributed by atoms with E-state index in [0.29, 0.717) is 39.2 Å². The van der Waals surface area contributed by atoms with Gasteiger partial charge >= 0.3 is 6.03 Å². The van der Waals surface area contributed by atoms with Crippen molar-refractivity contribution in [3.05, 3.63) is 50.1 Å². The van der Waals surface area contributed by atoms with Crippen molar-refractivity contribution in [2.24, 2.45) is 0 Å². The van der Waals surface area contributed by atoms with Gasteiger partial charge in [0.05, 0.1) is 16.3 Å². The third-order valence-electron chi connectivity index (χ3n) is 5.80. The van der Waals surface area contributed by atoms with Gasteiger partial charge in [0.1, 0.15) is 4.83 Å². The number of nitrogens with zero attached hydrogens (tertiary/aromatic N) is 3. The molecule has 166 valence electrons. The fraction of sp³-hybridized carbons (Fsp3) is 0.364. The molecule has 0 bridgehead atoms. The monoisotopic (exact) mass is 488 g/mol. The van der Waals surface area contributed by atoms with E-state index in [1.807, 2.05) is 0 Å². The van der Waals surface area contributed by atoms with Gasteiger partial charge in [-0.2, -0.15) is 0 Å². The van der Waals surface area contributed by atoms with Crippen molar-refractivity contribution in [2.45, 2.75) is 43.0 Å². The molecular weight excluding hydrogens is 468 g/mol. The number of thioether (sulfide) groups is 1. The van der Waals surface area contributed by atoms with E-state index in [-0.39, 0.29) is 17.5 Å². The molecule has 1 aliphatic heterocycles. The van der Waals surface area contributed by atoms with E-state index < -0.39 is 5.25 Å². The molecule has 2 aromatic heterocycles. The summed E-state index contributed by atoms with van der Waals surface area (Å²) in [4.78, 5) is 46.6. The van der Waals surface area contributed by atoms with Crippen LogP contribution in [0, 0.1) is 0 Å². The number of rotatable bonds is 4. The molecule has 32 heavy (non-hydrogen) atoms. The molecule has 2 aliphatic rings. The lowest BCUT2D eigenvalue weighted by Gasteiger charge is -2.19. The average Bonchev–Trinajstić information content (AvgIpc) is 3.37. The molecule has 5 rings (SSSR count). The fourth-order valence-electron chi connectivity index (χ4n) is 4.19. The van der Waals surface area contributed by atoms with Gasteiger partial charge in [0.25, 0.3) is 5.56 Å². The maximum atomic E-state index is 13.8. The van der Waals surface area contributed by atoms with E-state index in [4.69, 9.17) is 16.6 Å². The minimum absolute atomic E-state index is 0.127. The lowest BCUT2D eigenvalue weighted by Crippen LogP contribution is -2.39. The van der Waals surface area contributed by atoms with Crippen LogP contribution in [0.2, 0.25) is 5.02 Å². The minimum atomic E-state index is -0.587. The van der Waals surface area contributed by atoms with E-state index in [2.05, 4.69) is 5.32 Å². The molecule has 10 heteroatoms. The number of urea groups is 1. The molecule has 3 amide bonds. The number of nitrogens with one attached hydrogen (secondary N) is 1. The molecule has 0 spiro atoms. The Morgan fingerprint density at radius 3 is 2.69 bits per heavy atom. The standard InChI is InChI=1S/C22H21ClN4O3S2/c1-12(19(28)26-11-10-24-21(26)30)31-22-25-18-17(15-4-2-3-5-16(15)32-18)20(29)27(22)14-8-6-13(23)7-9-14/h6-9,12H,2-5,10-11H2,1H3,(H,24,30). The zero-order valence-corrected chi connectivity index (χ0v) is 19.8. The maximum absolute atomic E-state index is 13.8. The lowest BCUT2D eigenvalue weighted by molar-refractivity contribution is -0.126. The number of hydrogen-bond donors (Lipinski definition) is 1. The highest BCUT2D eigenvalue weighted by molar-refractivity contribution is 8.00. The van der Waals surface area contributed by atoms with Gasteiger partial charge in [-0.15, -0.1) is 11.3 Å². The van der Waals surface area contributed by atoms with E-state index >= 15 is 0 Å². The smallest absolute Gasteiger partial charge is 0.324 e. The largest absolute Gasteiger partial charge is 0.336 e. The topological polar surface area (TPSA) is 84.3 Å². The van der Waals surface area contributed by atoms with Gasteiger partial charge in [-0.1, -0.05) is 23.4 Å². The summed E-state index contributed by atoms with van der Waals surface area (Å²) in [5.41, 5.74) is 1.63. The molecule has 1 aromatic carbocycles. The summed E-state index contributed by atoms with van der Waals surface area (Å²) in [6, 6.07) is 6.63. The Kier molecular flexibility index (Phi) is 5.73. The maximum Gasteiger partial charge on any atom is 0.324 e. The predicted molar refractivity (Wildman–Crippen MR) is 127 cm³/mol. The number of carbonyl (C=O) groups excluding carboxylic acids is 2. The quantitative estimate of drug-likeness (QED) is 0.443. The van der Waals surface area contributed by atoms with Crippen LogP contribution in [0.3, 0.4) is 0 Å². The number of benzene rings is 1. The molecule has 0 saturated carbocycles. The first-order chi connectivity index (χ1) is 15.4. The first-order valence-corrected chi connectivity index (χ1v) is 12.6. The van der Waals surface area contributed by atoms with Crippen molar-refractivity contribution in [1.29, 1.82) is 0 Å². The number of aryl methyl sites for hydroxylation is 2. The van der Waals surface area contributed by atoms with Gasteiger partial charge in [-0.25, -0.2) is 9.78 Å². The van der Waals surface area contributed by atoms with E-state index in [9.17, 15) is 14.4 Å². The Balaban J connectivity index is 1.62. The minimum Gasteiger partial charge on any atom is -0.336 e. The summed E-state index contributed by atoms with van der Waals surface area (Å²) in [5.74, 6) is -0.299. The van der Waals surface area contributed by atoms with Crippen LogP contribution < -0.4 is 10.9 Å². The van der Waals surface area contributed by atoms with Crippen LogP contribution in [0.1, 0.15) is 30.2 Å². The van der Waals surface area contributed by atoms with Crippen LogP contribution in [0.15, 0.2) is 34.2 Å². The highest BCUT2D eigenvalue weighted by Crippen LogP contribution is 2.36. The Bertz CT molecular complexity index is 1290. The number of aromatic nitrogens is 2. The van der Waals surface area contributed by atoms with Gasteiger partial charge in [0, 0.05) is 23.0 Å². The molecule has 7 nitrogen and oxygen atoms in total. The van der Waals surface area contributed by atoms with E-state index in [1.54, 1.807) is 47.1 Å². The second-order valence-electron chi connectivity index (χ2n) is 7.88. The van der Waals surface area contributed by atoms with Crippen molar-refractivity contribution < 1.29 is 9.59 Å². The van der Waals surface area contributed by atoms with Crippen LogP contribution in [-0.2, 0) is 17.6 Å². The molecule has 1 N–H and O–H groups in total. The van der Waals surface area contributed by atoms with Crippen molar-refractivity contribution in [1.82, 2.24) is 19.8 Å². The third kappa shape index (κ3) is 3.72. The zero-order valence-electron chi connectivity index (χ0n) is 17.4. The third-order valence-corrected chi connectivity index (χ3v) is 8.27. The Labute approximate surface area is 197 Å². The molecular formula is C22H21ClN4O3S2. The summed E-state index contributed by atoms with van der Waals surface area (Å²) in [6.45, 7) is 2.53. The number of hydrogen-bond acceptors (Lipinski definition) is 6. The number of halogens is 1. The zero-order chi connectivity index (χ0) is 22.4. The Morgan fingerprint density at radius 1 is 1.22 bits per heavy atom. The van der Waals surface area contributed by atoms with Gasteiger partial charge < -0.3 is 5.32 Å². The van der Waals surface area contributed by atoms with Crippen LogP contribution >= 0.6 is 34.7 Å². The molecule has 1 saturated heterocycles. The molecule has 3 heterocycles. The van der Waals surface area contributed by atoms with Crippen LogP contribution in [0.25, 0.3) is 15.9 Å². The van der Waals surface area contributed by atoms with E-state index in [1.165, 1.54) is 21.5 Å². The molecule has 1 aliphatic carbocycles. The highest BCUT2D eigenvalue weighted by Gasteiger charge is 2.32. The van der Waals surface area contributed by atoms with Crippen LogP contribution in [0.5, 0.6) is 0 Å². The molecule has 3 aromatic rings. The second-order valence-corrected chi connectivity index (χ2v) is 10.7. The number of imide groups is 1. The number of carbonyl (C=O) groups is 2. The van der Waals surface area contributed by atoms with Crippen LogP contribution in [-0.4, -0.2) is 44.7 Å². The summed E-state index contributed by atoms with van der Waals surface area (Å²) in [5, 5.41) is 3.75. The van der Waals surface area contributed by atoms with Gasteiger partial charge in [-0.05, 0) is 62.4 Å². The first-order valence-electron chi connectivity index (χ1n) is 10.5. The number of thiophene rings is 1. The predicted octanol–water partition coefficient (Wildman–Crippen LogP) is 4.01. The summed E-state index contributed by atoms with van der Waals surface area (Å²) >= 11 is 8.84. The number of fused-ring (bicyclic) bond motifs is 3. The summed E-state index contributed by atoms with van der Waals surface area (Å²) in [7, 11) is 0. The van der Waals surface area contributed by atoms with E-state index in [0.717, 1.165) is 31.2 Å². The molecule has 1 unspecified atom stereocenters. The Hall–Kier alpha value is -2.36. The molecule has 1 fully saturated rings. The SMILES string of the molecule is CC(Sc1nc2sc3c(c2c(=O)n1-c1ccc(Cl)cc1)CCCC3)C(=O)N1CCNC1=O. The normalized spacial score (nSPS) is 16.8. The lowest BCUT2D eigenvalue weighted by atomic mass is 9.97. The highest BCUT2D eigenvalue weighted by atomic mass is 35.5. The second kappa shape index (κ2) is 8.53. The van der Waals surface area contributed by atoms with Crippen molar-refractivity contribution in [3.63, 3.8) is 0 Å². The summed E-state index contributed by atoms with van der Waals surface area (Å²) in [6.07, 6.45) is 4.05. The average molecular weight is 489 g/mol. The van der Waals surface area contributed by atoms with Gasteiger partial charge in [0.2, 0.25) is 5.91 Å². The molecule has 1 atom stereocenters. The fourth-order valence-corrected chi connectivity index (χ4v) is 6.61. The van der Waals surface area contributed by atoms with Crippen molar-refractivity contribution in [3.8, 4) is 5.69 Å². The summed E-state index contributed by atoms with van der Waals surface area (Å²) < 4.78 is 1.57. The van der Waals surface area contributed by atoms with Gasteiger partial charge in [0.15, 0.2) is 5.16 Å². The van der Waals surface area contributed by atoms with Crippen molar-refractivity contribution >= 4 is 56.9 Å². The Morgan fingerprint density at radius 2 is 1.97 bits per heavy atom. The number of amides is 3. The van der Waals surface area contributed by atoms with Crippen molar-refractivity contribution in [2.75, 3.05) is 13.1 Å². The molecule has 0 radical (unpaired) electrons. The first kappa shape index (κ1) is 21.5. The van der Waals surface area contributed by atoms with Gasteiger partial charge in [-0.3, -0.25) is 19.1 Å². The van der Waals surface area contributed by atoms with Crippen LogP contribution in [0.4, 0.5) is 4.79 Å².